The number of hydrogen-bond acceptors (Lipinski definition) is 1. The van der Waals surface area contributed by atoms with Gasteiger partial charge >= 0.3 is 0 Å². The van der Waals surface area contributed by atoms with E-state index in [0.717, 1.165) is 0 Å². The molecule has 0 aromatic heterocycles. The Hall–Kier alpha value is -1.07. The normalized spacial score (nSPS) is 9.50. The number of rotatable bonds is 1. The summed E-state index contributed by atoms with van der Waals surface area (Å²) in [5, 5.41) is 8.75. The average molecular weight is 184 g/mol. The van der Waals surface area contributed by atoms with E-state index in [2.05, 4.69) is 0 Å². The maximum Gasteiger partial charge on any atom is 0.127 e. The van der Waals surface area contributed by atoms with Crippen molar-refractivity contribution in [2.24, 2.45) is 0 Å². The Bertz CT molecular complexity index is 341. The molecular weight excluding hydrogens is 177 g/mol. The summed E-state index contributed by atoms with van der Waals surface area (Å²) in [5.74, 6) is -0.354. The third kappa shape index (κ3) is 1.75. The molecule has 0 saturated carbocycles. The van der Waals surface area contributed by atoms with Crippen molar-refractivity contribution < 1.29 is 4.39 Å². The van der Waals surface area contributed by atoms with Crippen LogP contribution in [-0.2, 0) is 6.42 Å². The average Bonchev–Trinajstić information content (AvgIpc) is 2.00. The van der Waals surface area contributed by atoms with Crippen molar-refractivity contribution in [2.45, 2.75) is 13.3 Å². The molecule has 1 aromatic carbocycles. The van der Waals surface area contributed by atoms with E-state index < -0.39 is 0 Å². The molecule has 0 radical (unpaired) electrons. The third-order valence-electron chi connectivity index (χ3n) is 1.69. The van der Waals surface area contributed by atoms with E-state index in [1.165, 1.54) is 6.07 Å². The minimum atomic E-state index is -0.354. The smallest absolute Gasteiger partial charge is 0.127 e. The van der Waals surface area contributed by atoms with Gasteiger partial charge in [-0.05, 0) is 30.2 Å². The summed E-state index contributed by atoms with van der Waals surface area (Å²) in [4.78, 5) is 0. The molecule has 0 fully saturated rings. The van der Waals surface area contributed by atoms with Gasteiger partial charge in [0, 0.05) is 5.02 Å². The molecule has 0 aliphatic heterocycles. The van der Waals surface area contributed by atoms with Crippen molar-refractivity contribution in [1.82, 2.24) is 0 Å². The van der Waals surface area contributed by atoms with Gasteiger partial charge in [-0.25, -0.2) is 4.39 Å². The molecule has 0 saturated heterocycles. The molecule has 0 heterocycles. The van der Waals surface area contributed by atoms with Crippen molar-refractivity contribution >= 4 is 11.6 Å². The van der Waals surface area contributed by atoms with Gasteiger partial charge in [0.25, 0.3) is 0 Å². The van der Waals surface area contributed by atoms with E-state index in [-0.39, 0.29) is 12.2 Å². The van der Waals surface area contributed by atoms with Gasteiger partial charge in [0.05, 0.1) is 12.5 Å². The Labute approximate surface area is 75.4 Å². The predicted molar refractivity (Wildman–Crippen MR) is 45.5 cm³/mol. The molecule has 0 aliphatic rings. The molecule has 0 aliphatic carbocycles. The van der Waals surface area contributed by atoms with Crippen molar-refractivity contribution in [3.8, 4) is 6.07 Å². The van der Waals surface area contributed by atoms with Crippen molar-refractivity contribution in [1.29, 1.82) is 5.26 Å². The lowest BCUT2D eigenvalue weighted by Crippen LogP contribution is -1.91. The number of hydrogen-bond donors (Lipinski definition) is 0. The fraction of sp³-hybridized carbons (Fsp3) is 0.222. The van der Waals surface area contributed by atoms with Crippen LogP contribution in [0.15, 0.2) is 12.1 Å². The fourth-order valence-electron chi connectivity index (χ4n) is 0.968. The zero-order chi connectivity index (χ0) is 9.14. The highest BCUT2D eigenvalue weighted by atomic mass is 35.5. The largest absolute Gasteiger partial charge is 0.207 e. The van der Waals surface area contributed by atoms with Gasteiger partial charge in [0.1, 0.15) is 5.82 Å². The lowest BCUT2D eigenvalue weighted by atomic mass is 10.1. The van der Waals surface area contributed by atoms with Crippen molar-refractivity contribution in [2.75, 3.05) is 0 Å². The standard InChI is InChI=1S/C9H7ClFN/c1-6-7(2-3-12)4-8(10)5-9(6)11/h4-5H,2H2,1H3. The molecule has 12 heavy (non-hydrogen) atoms. The van der Waals surface area contributed by atoms with Crippen LogP contribution in [0.3, 0.4) is 0 Å². The molecule has 0 spiro atoms. The van der Waals surface area contributed by atoms with Crippen LogP contribution in [0.2, 0.25) is 5.02 Å². The van der Waals surface area contributed by atoms with Gasteiger partial charge in [-0.2, -0.15) is 5.26 Å². The van der Waals surface area contributed by atoms with Crippen LogP contribution >= 0.6 is 11.6 Å². The Morgan fingerprint density at radius 3 is 2.83 bits per heavy atom. The number of nitriles is 1. The van der Waals surface area contributed by atoms with Crippen molar-refractivity contribution in [3.05, 3.63) is 34.1 Å². The van der Waals surface area contributed by atoms with E-state index in [4.69, 9.17) is 16.9 Å². The Balaban J connectivity index is 3.20. The van der Waals surface area contributed by atoms with Crippen LogP contribution in [0.25, 0.3) is 0 Å². The van der Waals surface area contributed by atoms with Crippen molar-refractivity contribution in [3.63, 3.8) is 0 Å². The molecule has 0 N–H and O–H groups in total. The minimum Gasteiger partial charge on any atom is -0.207 e. The molecule has 0 amide bonds. The molecule has 1 nitrogen and oxygen atoms in total. The van der Waals surface area contributed by atoms with Gasteiger partial charge in [-0.15, -0.1) is 0 Å². The molecule has 0 unspecified atom stereocenters. The minimum absolute atomic E-state index is 0.198. The second kappa shape index (κ2) is 3.55. The molecule has 62 valence electrons. The number of benzene rings is 1. The first-order chi connectivity index (χ1) is 5.65. The van der Waals surface area contributed by atoms with E-state index >= 15 is 0 Å². The zero-order valence-corrected chi connectivity index (χ0v) is 7.32. The summed E-state index contributed by atoms with van der Waals surface area (Å²) in [6, 6.07) is 4.82. The van der Waals surface area contributed by atoms with Gasteiger partial charge in [0.2, 0.25) is 0 Å². The van der Waals surface area contributed by atoms with Crippen LogP contribution < -0.4 is 0 Å². The summed E-state index contributed by atoms with van der Waals surface area (Å²) in [7, 11) is 0. The van der Waals surface area contributed by atoms with Crippen LogP contribution in [0, 0.1) is 24.1 Å². The van der Waals surface area contributed by atoms with Gasteiger partial charge in [-0.1, -0.05) is 11.6 Å². The topological polar surface area (TPSA) is 23.8 Å². The van der Waals surface area contributed by atoms with Crippen LogP contribution in [0.1, 0.15) is 11.1 Å². The summed E-state index contributed by atoms with van der Waals surface area (Å²) >= 11 is 5.61. The number of nitrogens with zero attached hydrogens (tertiary/aromatic N) is 1. The van der Waals surface area contributed by atoms with Gasteiger partial charge in [-0.3, -0.25) is 0 Å². The molecule has 0 bridgehead atoms. The molecule has 0 atom stereocenters. The molecule has 3 heteroatoms. The number of halogens is 2. The summed E-state index contributed by atoms with van der Waals surface area (Å²) in [6.45, 7) is 1.64. The Kier molecular flexibility index (Phi) is 2.67. The van der Waals surface area contributed by atoms with Crippen LogP contribution in [0.4, 0.5) is 4.39 Å². The first-order valence-corrected chi connectivity index (χ1v) is 3.84. The quantitative estimate of drug-likeness (QED) is 0.657. The van der Waals surface area contributed by atoms with E-state index in [9.17, 15) is 4.39 Å². The maximum atomic E-state index is 13.0. The molecular formula is C9H7ClFN. The monoisotopic (exact) mass is 183 g/mol. The summed E-state index contributed by atoms with van der Waals surface area (Å²) in [6.07, 6.45) is 0.198. The highest BCUT2D eigenvalue weighted by molar-refractivity contribution is 6.30. The van der Waals surface area contributed by atoms with Gasteiger partial charge in [0.15, 0.2) is 0 Å². The SMILES string of the molecule is Cc1c(F)cc(Cl)cc1CC#N. The van der Waals surface area contributed by atoms with Crippen LogP contribution in [0.5, 0.6) is 0 Å². The second-order valence-corrected chi connectivity index (χ2v) is 2.94. The lowest BCUT2D eigenvalue weighted by molar-refractivity contribution is 0.616. The third-order valence-corrected chi connectivity index (χ3v) is 1.90. The highest BCUT2D eigenvalue weighted by Crippen LogP contribution is 2.19. The molecule has 1 aromatic rings. The predicted octanol–water partition coefficient (Wildman–Crippen LogP) is 2.85. The van der Waals surface area contributed by atoms with E-state index in [0.29, 0.717) is 16.1 Å². The maximum absolute atomic E-state index is 13.0. The molecule has 1 rings (SSSR count). The summed E-state index contributed by atoms with van der Waals surface area (Å²) in [5.41, 5.74) is 1.16. The van der Waals surface area contributed by atoms with E-state index in [1.54, 1.807) is 13.0 Å². The van der Waals surface area contributed by atoms with Gasteiger partial charge < -0.3 is 0 Å². The highest BCUT2D eigenvalue weighted by Gasteiger charge is 2.04. The Morgan fingerprint density at radius 1 is 1.58 bits per heavy atom. The van der Waals surface area contributed by atoms with Crippen LogP contribution in [-0.4, -0.2) is 0 Å². The fourth-order valence-corrected chi connectivity index (χ4v) is 1.20. The summed E-state index contributed by atoms with van der Waals surface area (Å²) < 4.78 is 13.0. The second-order valence-electron chi connectivity index (χ2n) is 2.51. The first-order valence-electron chi connectivity index (χ1n) is 3.46. The van der Waals surface area contributed by atoms with E-state index in [1.807, 2.05) is 6.07 Å². The first kappa shape index (κ1) is 9.02. The zero-order valence-electron chi connectivity index (χ0n) is 6.56. The Morgan fingerprint density at radius 2 is 2.25 bits per heavy atom. The lowest BCUT2D eigenvalue weighted by Gasteiger charge is -2.02.